The predicted octanol–water partition coefficient (Wildman–Crippen LogP) is 4.26. The van der Waals surface area contributed by atoms with Gasteiger partial charge in [-0.3, -0.25) is 4.79 Å². The molecule has 208 valence electrons. The average Bonchev–Trinajstić information content (AvgIpc) is 3.60. The minimum Gasteiger partial charge on any atom is -0.369 e. The molecule has 1 saturated heterocycles. The van der Waals surface area contributed by atoms with Crippen LogP contribution in [-0.2, 0) is 14.6 Å². The Morgan fingerprint density at radius 3 is 2.40 bits per heavy atom. The van der Waals surface area contributed by atoms with Gasteiger partial charge < -0.3 is 10.2 Å². The van der Waals surface area contributed by atoms with Crippen LogP contribution >= 0.6 is 11.3 Å². The molecule has 1 aromatic carbocycles. The Kier molecular flexibility index (Phi) is 7.09. The number of hydrogen-bond acceptors (Lipinski definition) is 9. The van der Waals surface area contributed by atoms with Crippen molar-refractivity contribution >= 4 is 32.8 Å². The van der Waals surface area contributed by atoms with Crippen LogP contribution in [0.3, 0.4) is 0 Å². The van der Waals surface area contributed by atoms with E-state index >= 15 is 0 Å². The third-order valence-electron chi connectivity index (χ3n) is 8.30. The molecule has 3 fully saturated rings. The first-order valence-corrected chi connectivity index (χ1v) is 16.5. The third kappa shape index (κ3) is 5.47. The Morgan fingerprint density at radius 2 is 1.75 bits per heavy atom. The minimum atomic E-state index is -2.95. The van der Waals surface area contributed by atoms with Gasteiger partial charge in [-0.25, -0.2) is 23.4 Å². The van der Waals surface area contributed by atoms with E-state index in [2.05, 4.69) is 38.4 Å². The topological polar surface area (TPSA) is 129 Å². The fourth-order valence-electron chi connectivity index (χ4n) is 5.70. The van der Waals surface area contributed by atoms with Crippen LogP contribution in [0.25, 0.3) is 21.0 Å². The monoisotopic (exact) mass is 576 g/mol. The standard InChI is InChI=1S/C29H32N6O3S2/c1-19-31-16-21(17-32-19)28-33-25(23-4-2-3-5-24(23)27(36)34-29(18-30)10-11-29)26(39-28)20-6-8-22(9-7-20)35-12-14-40(37,38)15-13-35/h6-9,16-17,23-24H,2-5,10-15H2,1H3,(H,34,36). The molecule has 3 heterocycles. The van der Waals surface area contributed by atoms with Crippen LogP contribution < -0.4 is 10.2 Å². The summed E-state index contributed by atoms with van der Waals surface area (Å²) in [6.07, 6.45) is 8.63. The molecule has 6 rings (SSSR count). The lowest BCUT2D eigenvalue weighted by Gasteiger charge is -2.31. The van der Waals surface area contributed by atoms with Crippen molar-refractivity contribution in [1.82, 2.24) is 20.3 Å². The molecular formula is C29H32N6O3S2. The lowest BCUT2D eigenvalue weighted by molar-refractivity contribution is -0.127. The summed E-state index contributed by atoms with van der Waals surface area (Å²) in [5.74, 6) is 0.705. The minimum absolute atomic E-state index is 0.0432. The van der Waals surface area contributed by atoms with E-state index in [4.69, 9.17) is 4.98 Å². The van der Waals surface area contributed by atoms with Gasteiger partial charge in [-0.15, -0.1) is 11.3 Å². The average molecular weight is 577 g/mol. The summed E-state index contributed by atoms with van der Waals surface area (Å²) in [6.45, 7) is 2.84. The summed E-state index contributed by atoms with van der Waals surface area (Å²) >= 11 is 1.58. The molecule has 3 aliphatic rings. The number of hydrogen-bond donors (Lipinski definition) is 1. The van der Waals surface area contributed by atoms with E-state index in [9.17, 15) is 18.5 Å². The van der Waals surface area contributed by atoms with Gasteiger partial charge in [0.2, 0.25) is 5.91 Å². The van der Waals surface area contributed by atoms with Crippen molar-refractivity contribution in [2.75, 3.05) is 29.5 Å². The number of benzene rings is 1. The highest BCUT2D eigenvalue weighted by molar-refractivity contribution is 7.91. The van der Waals surface area contributed by atoms with Gasteiger partial charge in [-0.1, -0.05) is 25.0 Å². The maximum absolute atomic E-state index is 13.5. The highest BCUT2D eigenvalue weighted by Gasteiger charge is 2.47. The van der Waals surface area contributed by atoms with Gasteiger partial charge in [0, 0.05) is 48.6 Å². The van der Waals surface area contributed by atoms with Crippen LogP contribution in [0.1, 0.15) is 56.0 Å². The smallest absolute Gasteiger partial charge is 0.225 e. The molecule has 0 radical (unpaired) electrons. The number of carbonyl (C=O) groups excluding carboxylic acids is 1. The number of anilines is 1. The largest absolute Gasteiger partial charge is 0.369 e. The molecular weight excluding hydrogens is 544 g/mol. The van der Waals surface area contributed by atoms with Crippen molar-refractivity contribution < 1.29 is 13.2 Å². The molecule has 1 aliphatic heterocycles. The van der Waals surface area contributed by atoms with Gasteiger partial charge in [0.25, 0.3) is 0 Å². The number of nitriles is 1. The first-order chi connectivity index (χ1) is 19.3. The predicted molar refractivity (Wildman–Crippen MR) is 155 cm³/mol. The molecule has 2 aromatic heterocycles. The van der Waals surface area contributed by atoms with Gasteiger partial charge in [-0.05, 0) is 50.3 Å². The van der Waals surface area contributed by atoms with E-state index < -0.39 is 15.4 Å². The Labute approximate surface area is 238 Å². The quantitative estimate of drug-likeness (QED) is 0.461. The second-order valence-corrected chi connectivity index (χ2v) is 14.4. The SMILES string of the molecule is Cc1ncc(-c2nc(C3CCCCC3C(=O)NC3(C#N)CC3)c(-c3ccc(N4CCS(=O)(=O)CC4)cc3)s2)cn1. The molecule has 2 saturated carbocycles. The Bertz CT molecular complexity index is 1540. The first kappa shape index (κ1) is 26.8. The van der Waals surface area contributed by atoms with Crippen LogP contribution in [-0.4, -0.2) is 59.4 Å². The normalized spacial score (nSPS) is 23.2. The van der Waals surface area contributed by atoms with Crippen LogP contribution in [0.2, 0.25) is 0 Å². The number of thiazole rings is 1. The molecule has 9 nitrogen and oxygen atoms in total. The summed E-state index contributed by atoms with van der Waals surface area (Å²) in [7, 11) is -2.95. The van der Waals surface area contributed by atoms with Crippen LogP contribution in [0.15, 0.2) is 36.7 Å². The number of amides is 1. The summed E-state index contributed by atoms with van der Waals surface area (Å²) in [5, 5.41) is 13.4. The van der Waals surface area contributed by atoms with Crippen LogP contribution in [0.5, 0.6) is 0 Å². The van der Waals surface area contributed by atoms with E-state index in [1.807, 2.05) is 19.1 Å². The fraction of sp³-hybridized carbons (Fsp3) is 0.483. The third-order valence-corrected chi connectivity index (χ3v) is 11.1. The van der Waals surface area contributed by atoms with Crippen molar-refractivity contribution in [1.29, 1.82) is 5.26 Å². The van der Waals surface area contributed by atoms with Crippen molar-refractivity contribution in [3.05, 3.63) is 48.2 Å². The molecule has 2 unspecified atom stereocenters. The van der Waals surface area contributed by atoms with Crippen LogP contribution in [0.4, 0.5) is 5.69 Å². The lowest BCUT2D eigenvalue weighted by Crippen LogP contribution is -2.42. The molecule has 0 spiro atoms. The molecule has 1 N–H and O–H groups in total. The molecule has 40 heavy (non-hydrogen) atoms. The number of aryl methyl sites for hydroxylation is 1. The zero-order valence-electron chi connectivity index (χ0n) is 22.5. The number of nitrogens with one attached hydrogen (secondary N) is 1. The highest BCUT2D eigenvalue weighted by atomic mass is 32.2. The first-order valence-electron chi connectivity index (χ1n) is 13.8. The lowest BCUT2D eigenvalue weighted by atomic mass is 9.76. The molecule has 0 bridgehead atoms. The van der Waals surface area contributed by atoms with E-state index in [-0.39, 0.29) is 29.2 Å². The summed E-state index contributed by atoms with van der Waals surface area (Å²) in [6, 6.07) is 10.5. The van der Waals surface area contributed by atoms with E-state index in [1.54, 1.807) is 23.7 Å². The molecule has 2 atom stereocenters. The molecule has 1 amide bonds. The highest BCUT2D eigenvalue weighted by Crippen LogP contribution is 2.46. The second-order valence-electron chi connectivity index (χ2n) is 11.1. The van der Waals surface area contributed by atoms with Gasteiger partial charge in [0.15, 0.2) is 9.84 Å². The Morgan fingerprint density at radius 1 is 1.07 bits per heavy atom. The summed E-state index contributed by atoms with van der Waals surface area (Å²) in [4.78, 5) is 30.5. The van der Waals surface area contributed by atoms with Crippen molar-refractivity contribution in [3.8, 4) is 27.1 Å². The van der Waals surface area contributed by atoms with Crippen molar-refractivity contribution in [3.63, 3.8) is 0 Å². The molecule has 2 aliphatic carbocycles. The van der Waals surface area contributed by atoms with Crippen molar-refractivity contribution in [2.45, 2.75) is 56.9 Å². The summed E-state index contributed by atoms with van der Waals surface area (Å²) in [5.41, 5.74) is 3.07. The number of aromatic nitrogens is 3. The fourth-order valence-corrected chi connectivity index (χ4v) is 8.02. The number of rotatable bonds is 6. The van der Waals surface area contributed by atoms with E-state index in [1.165, 1.54) is 0 Å². The zero-order chi connectivity index (χ0) is 27.9. The number of nitrogens with zero attached hydrogens (tertiary/aromatic N) is 5. The summed E-state index contributed by atoms with van der Waals surface area (Å²) < 4.78 is 23.8. The van der Waals surface area contributed by atoms with Gasteiger partial charge in [-0.2, -0.15) is 5.26 Å². The molecule has 11 heteroatoms. The number of carbonyl (C=O) groups is 1. The van der Waals surface area contributed by atoms with Gasteiger partial charge in [0.05, 0.1) is 28.1 Å². The van der Waals surface area contributed by atoms with E-state index in [0.717, 1.165) is 58.1 Å². The van der Waals surface area contributed by atoms with Gasteiger partial charge >= 0.3 is 0 Å². The van der Waals surface area contributed by atoms with Crippen LogP contribution in [0, 0.1) is 24.2 Å². The maximum atomic E-state index is 13.5. The van der Waals surface area contributed by atoms with Gasteiger partial charge in [0.1, 0.15) is 16.4 Å². The Balaban J connectivity index is 1.35. The number of sulfone groups is 1. The van der Waals surface area contributed by atoms with E-state index in [0.29, 0.717) is 31.8 Å². The maximum Gasteiger partial charge on any atom is 0.225 e. The Hall–Kier alpha value is -3.36. The van der Waals surface area contributed by atoms with Crippen molar-refractivity contribution in [2.24, 2.45) is 5.92 Å². The second kappa shape index (κ2) is 10.6. The molecule has 3 aromatic rings. The zero-order valence-corrected chi connectivity index (χ0v) is 24.1.